The molecule has 0 radical (unpaired) electrons. The number of methoxy groups -OCH3 is 1. The number of nitrogens with one attached hydrogen (secondary N) is 2. The number of esters is 1. The zero-order valence-corrected chi connectivity index (χ0v) is 20.6. The average molecular weight is 528 g/mol. The van der Waals surface area contributed by atoms with E-state index in [1.807, 2.05) is 0 Å². The summed E-state index contributed by atoms with van der Waals surface area (Å²) in [7, 11) is -5.00. The number of morpholine rings is 1. The summed E-state index contributed by atoms with van der Waals surface area (Å²) >= 11 is 0. The van der Waals surface area contributed by atoms with E-state index >= 15 is 0 Å². The highest BCUT2D eigenvalue weighted by atomic mass is 32.2. The van der Waals surface area contributed by atoms with Gasteiger partial charge in [0.1, 0.15) is 5.75 Å². The van der Waals surface area contributed by atoms with Crippen LogP contribution in [0.2, 0.25) is 0 Å². The van der Waals surface area contributed by atoms with E-state index in [0.717, 1.165) is 6.07 Å². The fourth-order valence-corrected chi connectivity index (χ4v) is 5.40. The van der Waals surface area contributed by atoms with Gasteiger partial charge in [0, 0.05) is 13.1 Å². The van der Waals surface area contributed by atoms with Crippen molar-refractivity contribution in [2.45, 2.75) is 9.79 Å². The molecule has 0 saturated carbocycles. The smallest absolute Gasteiger partial charge is 0.338 e. The number of amides is 1. The Labute approximate surface area is 203 Å². The second-order valence-electron chi connectivity index (χ2n) is 7.24. The maximum absolute atomic E-state index is 12.9. The summed E-state index contributed by atoms with van der Waals surface area (Å²) in [6.07, 6.45) is 0. The Hall–Kier alpha value is -3.04. The number of hydrogen-bond acceptors (Lipinski definition) is 9. The molecular weight excluding hydrogens is 502 g/mol. The largest absolute Gasteiger partial charge is 0.495 e. The molecule has 3 rings (SSSR count). The van der Waals surface area contributed by atoms with Crippen LogP contribution < -0.4 is 14.8 Å². The molecule has 1 saturated heterocycles. The predicted octanol–water partition coefficient (Wildman–Crippen LogP) is 0.420. The Balaban J connectivity index is 1.70. The molecule has 1 amide bonds. The number of benzene rings is 2. The minimum atomic E-state index is -3.82. The molecule has 2 N–H and O–H groups in total. The number of carbonyl (C=O) groups is 2. The summed E-state index contributed by atoms with van der Waals surface area (Å²) in [5.41, 5.74) is 0.00954. The summed E-state index contributed by atoms with van der Waals surface area (Å²) in [6, 6.07) is 9.17. The quantitative estimate of drug-likeness (QED) is 0.441. The van der Waals surface area contributed by atoms with Crippen LogP contribution in [-0.4, -0.2) is 80.1 Å². The second kappa shape index (κ2) is 11.1. The van der Waals surface area contributed by atoms with E-state index in [1.54, 1.807) is 0 Å². The van der Waals surface area contributed by atoms with Gasteiger partial charge in [-0.25, -0.2) is 26.4 Å². The topological polar surface area (TPSA) is 157 Å². The molecular formula is C21H25N3O9S2. The number of hydrogen-bond donors (Lipinski definition) is 2. The van der Waals surface area contributed by atoms with Gasteiger partial charge in [-0.15, -0.1) is 0 Å². The Morgan fingerprint density at radius 3 is 2.40 bits per heavy atom. The summed E-state index contributed by atoms with van der Waals surface area (Å²) in [5.74, 6) is -1.46. The van der Waals surface area contributed by atoms with Crippen LogP contribution in [0.1, 0.15) is 10.4 Å². The number of ether oxygens (including phenoxy) is 3. The molecule has 0 aliphatic carbocycles. The standard InChI is InChI=1S/C21H25N3O9S2/c1-22-34(27,28)16-5-3-4-15(12-16)21(26)33-14-20(25)23-18-13-17(6-7-19(18)31-2)35(29,30)24-8-10-32-11-9-24/h3-7,12-13,22H,8-11,14H2,1-2H3,(H,23,25). The summed E-state index contributed by atoms with van der Waals surface area (Å²) in [5, 5.41) is 2.47. The van der Waals surface area contributed by atoms with E-state index in [4.69, 9.17) is 14.2 Å². The molecule has 35 heavy (non-hydrogen) atoms. The number of nitrogens with zero attached hydrogens (tertiary/aromatic N) is 1. The minimum Gasteiger partial charge on any atom is -0.495 e. The van der Waals surface area contributed by atoms with Gasteiger partial charge in [0.25, 0.3) is 5.91 Å². The van der Waals surface area contributed by atoms with E-state index < -0.39 is 38.5 Å². The third-order valence-electron chi connectivity index (χ3n) is 5.04. The summed E-state index contributed by atoms with van der Waals surface area (Å²) < 4.78 is 68.5. The van der Waals surface area contributed by atoms with E-state index in [-0.39, 0.29) is 53.1 Å². The first-order valence-electron chi connectivity index (χ1n) is 10.3. The number of sulfonamides is 2. The zero-order valence-electron chi connectivity index (χ0n) is 19.0. The molecule has 1 heterocycles. The van der Waals surface area contributed by atoms with Gasteiger partial charge in [-0.2, -0.15) is 4.31 Å². The van der Waals surface area contributed by atoms with Crippen LogP contribution in [0.4, 0.5) is 5.69 Å². The SMILES string of the molecule is CNS(=O)(=O)c1cccc(C(=O)OCC(=O)Nc2cc(S(=O)(=O)N3CCOCC3)ccc2OC)c1. The first-order chi connectivity index (χ1) is 16.6. The third kappa shape index (κ3) is 6.35. The molecule has 1 aliphatic heterocycles. The molecule has 1 aliphatic rings. The van der Waals surface area contributed by atoms with Gasteiger partial charge in [-0.05, 0) is 43.4 Å². The highest BCUT2D eigenvalue weighted by Gasteiger charge is 2.27. The Morgan fingerprint density at radius 2 is 1.74 bits per heavy atom. The second-order valence-corrected chi connectivity index (χ2v) is 11.1. The molecule has 0 atom stereocenters. The van der Waals surface area contributed by atoms with Gasteiger partial charge in [0.15, 0.2) is 6.61 Å². The van der Waals surface area contributed by atoms with Crippen LogP contribution in [0.25, 0.3) is 0 Å². The third-order valence-corrected chi connectivity index (χ3v) is 8.34. The molecule has 1 fully saturated rings. The Morgan fingerprint density at radius 1 is 1.03 bits per heavy atom. The van der Waals surface area contributed by atoms with Gasteiger partial charge in [-0.3, -0.25) is 4.79 Å². The highest BCUT2D eigenvalue weighted by molar-refractivity contribution is 7.89. The van der Waals surface area contributed by atoms with Gasteiger partial charge < -0.3 is 19.5 Å². The Kier molecular flexibility index (Phi) is 8.45. The van der Waals surface area contributed by atoms with Crippen molar-refractivity contribution in [3.05, 3.63) is 48.0 Å². The number of carbonyl (C=O) groups excluding carboxylic acids is 2. The Bertz CT molecular complexity index is 1310. The molecule has 0 unspecified atom stereocenters. The maximum atomic E-state index is 12.9. The first kappa shape index (κ1) is 26.6. The van der Waals surface area contributed by atoms with E-state index in [2.05, 4.69) is 10.0 Å². The lowest BCUT2D eigenvalue weighted by Crippen LogP contribution is -2.40. The number of rotatable bonds is 9. The van der Waals surface area contributed by atoms with Crippen LogP contribution in [0, 0.1) is 0 Å². The van der Waals surface area contributed by atoms with Crippen molar-refractivity contribution < 1.29 is 40.6 Å². The fourth-order valence-electron chi connectivity index (χ4n) is 3.19. The van der Waals surface area contributed by atoms with E-state index in [9.17, 15) is 26.4 Å². The van der Waals surface area contributed by atoms with Crippen molar-refractivity contribution in [2.75, 3.05) is 52.4 Å². The summed E-state index contributed by atoms with van der Waals surface area (Å²) in [6.45, 7) is 0.291. The monoisotopic (exact) mass is 527 g/mol. The average Bonchev–Trinajstić information content (AvgIpc) is 2.87. The maximum Gasteiger partial charge on any atom is 0.338 e. The van der Waals surface area contributed by atoms with Gasteiger partial charge >= 0.3 is 5.97 Å². The normalized spacial score (nSPS) is 14.8. The molecule has 12 nitrogen and oxygen atoms in total. The van der Waals surface area contributed by atoms with Crippen molar-refractivity contribution >= 4 is 37.6 Å². The number of anilines is 1. The van der Waals surface area contributed by atoms with Crippen molar-refractivity contribution in [1.82, 2.24) is 9.03 Å². The molecule has 190 valence electrons. The molecule has 0 spiro atoms. The fraction of sp³-hybridized carbons (Fsp3) is 0.333. The van der Waals surface area contributed by atoms with Crippen LogP contribution in [-0.2, 0) is 34.3 Å². The molecule has 2 aromatic carbocycles. The van der Waals surface area contributed by atoms with Crippen molar-refractivity contribution in [3.8, 4) is 5.75 Å². The summed E-state index contributed by atoms with van der Waals surface area (Å²) in [4.78, 5) is 24.6. The van der Waals surface area contributed by atoms with Crippen molar-refractivity contribution in [1.29, 1.82) is 0 Å². The lowest BCUT2D eigenvalue weighted by Gasteiger charge is -2.26. The zero-order chi connectivity index (χ0) is 25.6. The van der Waals surface area contributed by atoms with Crippen molar-refractivity contribution in [2.24, 2.45) is 0 Å². The van der Waals surface area contributed by atoms with Gasteiger partial charge in [-0.1, -0.05) is 6.07 Å². The van der Waals surface area contributed by atoms with E-state index in [0.29, 0.717) is 0 Å². The van der Waals surface area contributed by atoms with Crippen LogP contribution in [0.15, 0.2) is 52.3 Å². The lowest BCUT2D eigenvalue weighted by molar-refractivity contribution is -0.119. The van der Waals surface area contributed by atoms with Gasteiger partial charge in [0.05, 0.1) is 41.4 Å². The molecule has 2 aromatic rings. The van der Waals surface area contributed by atoms with Crippen LogP contribution >= 0.6 is 0 Å². The van der Waals surface area contributed by atoms with Gasteiger partial charge in [0.2, 0.25) is 20.0 Å². The molecule has 0 aromatic heterocycles. The van der Waals surface area contributed by atoms with Crippen LogP contribution in [0.3, 0.4) is 0 Å². The molecule has 0 bridgehead atoms. The molecule has 14 heteroatoms. The van der Waals surface area contributed by atoms with Crippen molar-refractivity contribution in [3.63, 3.8) is 0 Å². The lowest BCUT2D eigenvalue weighted by atomic mass is 10.2. The van der Waals surface area contributed by atoms with Crippen LogP contribution in [0.5, 0.6) is 5.75 Å². The van der Waals surface area contributed by atoms with E-state index in [1.165, 1.54) is 54.9 Å². The highest BCUT2D eigenvalue weighted by Crippen LogP contribution is 2.29. The minimum absolute atomic E-state index is 0.0462. The predicted molar refractivity (Wildman–Crippen MR) is 124 cm³/mol. The first-order valence-corrected chi connectivity index (χ1v) is 13.3.